The fraction of sp³-hybridized carbons (Fsp3) is 0.471. The number of carbonyl (C=O) groups excluding carboxylic acids is 1. The lowest BCUT2D eigenvalue weighted by Crippen LogP contribution is -2.36. The monoisotopic (exact) mass is 347 g/mol. The first-order chi connectivity index (χ1) is 12.1. The molecule has 8 heteroatoms. The molecule has 0 aliphatic carbocycles. The first-order valence-corrected chi connectivity index (χ1v) is 8.35. The van der Waals surface area contributed by atoms with Crippen LogP contribution in [-0.4, -0.2) is 41.7 Å². The van der Waals surface area contributed by atoms with Crippen LogP contribution in [0.25, 0.3) is 0 Å². The fourth-order valence-electron chi connectivity index (χ4n) is 3.15. The number of ether oxygens (including phenoxy) is 1. The van der Waals surface area contributed by atoms with Crippen LogP contribution >= 0.6 is 0 Å². The maximum absolute atomic E-state index is 12.4. The molecule has 0 bridgehead atoms. The third-order valence-corrected chi connectivity index (χ3v) is 4.62. The van der Waals surface area contributed by atoms with Crippen LogP contribution in [0.4, 0.5) is 11.4 Å². The summed E-state index contributed by atoms with van der Waals surface area (Å²) in [6.07, 6.45) is 2.43. The smallest absolute Gasteiger partial charge is 0.424 e. The molecule has 2 heterocycles. The highest BCUT2D eigenvalue weighted by molar-refractivity contribution is 5.97. The van der Waals surface area contributed by atoms with E-state index in [4.69, 9.17) is 4.74 Å². The first-order valence-electron chi connectivity index (χ1n) is 8.35. The van der Waals surface area contributed by atoms with Gasteiger partial charge in [-0.25, -0.2) is 0 Å². The van der Waals surface area contributed by atoms with Gasteiger partial charge in [-0.05, 0) is 30.9 Å². The Morgan fingerprint density at radius 1 is 1.36 bits per heavy atom. The summed E-state index contributed by atoms with van der Waals surface area (Å²) in [6, 6.07) is 7.48. The minimum absolute atomic E-state index is 0.187. The van der Waals surface area contributed by atoms with Gasteiger partial charge in [-0.3, -0.25) is 14.9 Å². The van der Waals surface area contributed by atoms with Gasteiger partial charge >= 0.3 is 5.88 Å². The lowest BCUT2D eigenvalue weighted by atomic mass is 9.97. The molecule has 1 saturated heterocycles. The van der Waals surface area contributed by atoms with Gasteiger partial charge < -0.3 is 20.1 Å². The largest absolute Gasteiger partial charge is 0.427 e. The summed E-state index contributed by atoms with van der Waals surface area (Å²) in [4.78, 5) is 24.6. The van der Waals surface area contributed by atoms with E-state index in [0.717, 1.165) is 31.6 Å². The van der Waals surface area contributed by atoms with Crippen molar-refractivity contribution in [3.05, 3.63) is 46.3 Å². The molecule has 1 amide bonds. The molecule has 2 aliphatic rings. The Labute approximate surface area is 145 Å². The topological polar surface area (TPSA) is 105 Å². The molecule has 134 valence electrons. The molecule has 1 unspecified atom stereocenters. The number of benzene rings is 1. The molecule has 0 radical (unpaired) electrons. The first kappa shape index (κ1) is 17.2. The lowest BCUT2D eigenvalue weighted by Gasteiger charge is -2.34. The molecule has 0 spiro atoms. The van der Waals surface area contributed by atoms with E-state index < -0.39 is 16.9 Å². The number of aliphatic hydroxyl groups is 1. The van der Waals surface area contributed by atoms with E-state index in [9.17, 15) is 20.0 Å². The number of nitrogens with one attached hydrogen (secondary N) is 1. The number of para-hydroxylation sites is 2. The molecule has 2 aliphatic heterocycles. The number of aliphatic hydroxyl groups excluding tert-OH is 1. The van der Waals surface area contributed by atoms with E-state index in [2.05, 4.69) is 10.2 Å². The number of hydrogen-bond donors (Lipinski definition) is 2. The second kappa shape index (κ2) is 7.52. The number of nitro groups is 1. The summed E-state index contributed by atoms with van der Waals surface area (Å²) in [5, 5.41) is 22.8. The minimum Gasteiger partial charge on any atom is -0.427 e. The standard InChI is InChI=1S/C17H21N3O5/c21-11-12-7-9-19(10-8-12)14-4-2-1-3-13(14)18-17(22)15-5-6-16(25-15)20(23)24/h1-4,6,12,15,21H,5,7-11H2,(H,18,22). The highest BCUT2D eigenvalue weighted by Crippen LogP contribution is 2.30. The zero-order valence-electron chi connectivity index (χ0n) is 13.8. The Kier molecular flexibility index (Phi) is 5.18. The highest BCUT2D eigenvalue weighted by Gasteiger charge is 2.32. The predicted molar refractivity (Wildman–Crippen MR) is 91.7 cm³/mol. The van der Waals surface area contributed by atoms with Crippen molar-refractivity contribution >= 4 is 17.3 Å². The van der Waals surface area contributed by atoms with E-state index in [1.165, 1.54) is 6.08 Å². The zero-order valence-corrected chi connectivity index (χ0v) is 13.8. The van der Waals surface area contributed by atoms with Gasteiger partial charge in [-0.1, -0.05) is 12.1 Å². The molecule has 1 aromatic rings. The number of anilines is 2. The van der Waals surface area contributed by atoms with Crippen LogP contribution in [0.1, 0.15) is 19.3 Å². The number of piperidine rings is 1. The van der Waals surface area contributed by atoms with Gasteiger partial charge in [0.1, 0.15) is 4.92 Å². The average molecular weight is 347 g/mol. The molecule has 8 nitrogen and oxygen atoms in total. The summed E-state index contributed by atoms with van der Waals surface area (Å²) in [6.45, 7) is 1.83. The second-order valence-corrected chi connectivity index (χ2v) is 6.26. The number of carbonyl (C=O) groups is 1. The van der Waals surface area contributed by atoms with E-state index in [1.54, 1.807) is 0 Å². The Balaban J connectivity index is 1.66. The fourth-order valence-corrected chi connectivity index (χ4v) is 3.15. The van der Waals surface area contributed by atoms with Gasteiger partial charge in [0.2, 0.25) is 0 Å². The maximum atomic E-state index is 12.4. The second-order valence-electron chi connectivity index (χ2n) is 6.26. The molecule has 25 heavy (non-hydrogen) atoms. The van der Waals surface area contributed by atoms with Crippen molar-refractivity contribution in [3.8, 4) is 0 Å². The van der Waals surface area contributed by atoms with E-state index in [0.29, 0.717) is 11.6 Å². The van der Waals surface area contributed by atoms with Crippen LogP contribution < -0.4 is 10.2 Å². The van der Waals surface area contributed by atoms with Gasteiger partial charge in [0.15, 0.2) is 6.10 Å². The van der Waals surface area contributed by atoms with Crippen LogP contribution in [0, 0.1) is 16.0 Å². The molecule has 1 fully saturated rings. The van der Waals surface area contributed by atoms with E-state index in [-0.39, 0.29) is 18.9 Å². The summed E-state index contributed by atoms with van der Waals surface area (Å²) in [5.41, 5.74) is 1.57. The van der Waals surface area contributed by atoms with Crippen LogP contribution in [0.15, 0.2) is 36.2 Å². The van der Waals surface area contributed by atoms with Crippen molar-refractivity contribution in [2.24, 2.45) is 5.92 Å². The minimum atomic E-state index is -0.881. The average Bonchev–Trinajstić information content (AvgIpc) is 3.13. The van der Waals surface area contributed by atoms with Gasteiger partial charge in [-0.2, -0.15) is 0 Å². The molecule has 2 N–H and O–H groups in total. The van der Waals surface area contributed by atoms with Crippen molar-refractivity contribution in [1.82, 2.24) is 0 Å². The number of nitrogens with zero attached hydrogens (tertiary/aromatic N) is 2. The van der Waals surface area contributed by atoms with Crippen molar-refractivity contribution in [3.63, 3.8) is 0 Å². The van der Waals surface area contributed by atoms with Crippen molar-refractivity contribution in [2.45, 2.75) is 25.4 Å². The third kappa shape index (κ3) is 3.90. The number of amides is 1. The van der Waals surface area contributed by atoms with Gasteiger partial charge in [-0.15, -0.1) is 0 Å². The van der Waals surface area contributed by atoms with Crippen molar-refractivity contribution in [1.29, 1.82) is 0 Å². The van der Waals surface area contributed by atoms with E-state index >= 15 is 0 Å². The summed E-state index contributed by atoms with van der Waals surface area (Å²) < 4.78 is 5.08. The van der Waals surface area contributed by atoms with Crippen LogP contribution in [-0.2, 0) is 9.53 Å². The quantitative estimate of drug-likeness (QED) is 0.621. The number of hydrogen-bond acceptors (Lipinski definition) is 6. The molecule has 3 rings (SSSR count). The Morgan fingerprint density at radius 2 is 2.08 bits per heavy atom. The van der Waals surface area contributed by atoms with Gasteiger partial charge in [0.25, 0.3) is 5.91 Å². The molecular weight excluding hydrogens is 326 g/mol. The summed E-state index contributed by atoms with van der Waals surface area (Å²) in [7, 11) is 0. The molecular formula is C17H21N3O5. The zero-order chi connectivity index (χ0) is 17.8. The molecule has 0 saturated carbocycles. The third-order valence-electron chi connectivity index (χ3n) is 4.62. The van der Waals surface area contributed by atoms with E-state index in [1.807, 2.05) is 24.3 Å². The molecule has 0 aromatic heterocycles. The highest BCUT2D eigenvalue weighted by atomic mass is 16.7. The Bertz CT molecular complexity index is 683. The normalized spacial score (nSPS) is 20.8. The summed E-state index contributed by atoms with van der Waals surface area (Å²) >= 11 is 0. The lowest BCUT2D eigenvalue weighted by molar-refractivity contribution is -0.462. The maximum Gasteiger partial charge on any atom is 0.424 e. The van der Waals surface area contributed by atoms with Crippen LogP contribution in [0.2, 0.25) is 0 Å². The van der Waals surface area contributed by atoms with Crippen LogP contribution in [0.5, 0.6) is 0 Å². The van der Waals surface area contributed by atoms with Gasteiger partial charge in [0, 0.05) is 32.2 Å². The molecule has 1 aromatic carbocycles. The molecule has 1 atom stereocenters. The van der Waals surface area contributed by atoms with Crippen molar-refractivity contribution in [2.75, 3.05) is 29.9 Å². The Morgan fingerprint density at radius 3 is 2.72 bits per heavy atom. The van der Waals surface area contributed by atoms with Gasteiger partial charge in [0.05, 0.1) is 11.4 Å². The van der Waals surface area contributed by atoms with Crippen molar-refractivity contribution < 1.29 is 19.6 Å². The SMILES string of the molecule is O=C(Nc1ccccc1N1CCC(CO)CC1)C1CC=C([N+](=O)[O-])O1. The summed E-state index contributed by atoms with van der Waals surface area (Å²) in [5.74, 6) is -0.443. The van der Waals surface area contributed by atoms with Crippen LogP contribution in [0.3, 0.4) is 0 Å². The number of rotatable bonds is 5. The predicted octanol–water partition coefficient (Wildman–Crippen LogP) is 1.74. The Hall–Kier alpha value is -2.61.